The summed E-state index contributed by atoms with van der Waals surface area (Å²) in [6.45, 7) is 8.70. The Bertz CT molecular complexity index is 366. The van der Waals surface area contributed by atoms with Gasteiger partial charge in [0.15, 0.2) is 0 Å². The van der Waals surface area contributed by atoms with Gasteiger partial charge in [-0.2, -0.15) is 11.8 Å². The van der Waals surface area contributed by atoms with Crippen LogP contribution in [0.4, 0.5) is 0 Å². The normalized spacial score (nSPS) is 11.8. The van der Waals surface area contributed by atoms with Gasteiger partial charge in [-0.25, -0.2) is 0 Å². The van der Waals surface area contributed by atoms with Gasteiger partial charge in [0.1, 0.15) is 0 Å². The van der Waals surface area contributed by atoms with E-state index in [-0.39, 0.29) is 0 Å². The van der Waals surface area contributed by atoms with Crippen LogP contribution in [0.2, 0.25) is 0 Å². The molecule has 0 aromatic heterocycles. The number of hydrogen-bond acceptors (Lipinski definition) is 2. The molecule has 102 valence electrons. The number of hydrogen-bond donors (Lipinski definition) is 1. The number of halogens is 1. The molecule has 0 aliphatic carbocycles. The molecule has 0 aliphatic heterocycles. The molecule has 3 heteroatoms. The van der Waals surface area contributed by atoms with Crippen molar-refractivity contribution < 1.29 is 0 Å². The van der Waals surface area contributed by atoms with E-state index >= 15 is 0 Å². The first-order valence-corrected chi connectivity index (χ1v) is 8.59. The number of benzene rings is 1. The first kappa shape index (κ1) is 16.1. The highest BCUT2D eigenvalue weighted by Gasteiger charge is 2.23. The fourth-order valence-corrected chi connectivity index (χ4v) is 3.29. The molecular formula is C15H24BrNS. The zero-order valence-electron chi connectivity index (χ0n) is 11.8. The van der Waals surface area contributed by atoms with Crippen molar-refractivity contribution in [3.05, 3.63) is 33.8 Å². The summed E-state index contributed by atoms with van der Waals surface area (Å²) < 4.78 is 1.59. The molecule has 0 amide bonds. The summed E-state index contributed by atoms with van der Waals surface area (Å²) in [7, 11) is 0. The van der Waals surface area contributed by atoms with Crippen LogP contribution < -0.4 is 5.32 Å². The van der Waals surface area contributed by atoms with Gasteiger partial charge >= 0.3 is 0 Å². The minimum absolute atomic E-state index is 0.391. The second-order valence-electron chi connectivity index (χ2n) is 4.78. The van der Waals surface area contributed by atoms with Gasteiger partial charge in [0.25, 0.3) is 0 Å². The van der Waals surface area contributed by atoms with Crippen LogP contribution in [-0.2, 0) is 6.54 Å². The third-order valence-corrected chi connectivity index (χ3v) is 6.18. The van der Waals surface area contributed by atoms with E-state index in [2.05, 4.69) is 66.5 Å². The highest BCUT2D eigenvalue weighted by atomic mass is 79.9. The Labute approximate surface area is 124 Å². The Morgan fingerprint density at radius 2 is 1.94 bits per heavy atom. The lowest BCUT2D eigenvalue weighted by atomic mass is 10.0. The van der Waals surface area contributed by atoms with Crippen molar-refractivity contribution in [3.8, 4) is 0 Å². The first-order chi connectivity index (χ1) is 8.56. The van der Waals surface area contributed by atoms with Crippen molar-refractivity contribution in [1.29, 1.82) is 0 Å². The molecule has 0 spiro atoms. The van der Waals surface area contributed by atoms with Crippen LogP contribution in [0.15, 0.2) is 22.7 Å². The molecule has 0 heterocycles. The van der Waals surface area contributed by atoms with Crippen molar-refractivity contribution in [3.63, 3.8) is 0 Å². The smallest absolute Gasteiger partial charge is 0.0276 e. The number of aryl methyl sites for hydroxylation is 1. The van der Waals surface area contributed by atoms with Crippen LogP contribution in [0, 0.1) is 6.92 Å². The van der Waals surface area contributed by atoms with E-state index < -0.39 is 0 Å². The highest BCUT2D eigenvalue weighted by molar-refractivity contribution is 9.10. The predicted octanol–water partition coefficient (Wildman–Crippen LogP) is 4.77. The molecule has 0 fully saturated rings. The molecule has 1 N–H and O–H groups in total. The summed E-state index contributed by atoms with van der Waals surface area (Å²) in [5.41, 5.74) is 2.63. The molecule has 0 saturated heterocycles. The molecule has 0 bridgehead atoms. The summed E-state index contributed by atoms with van der Waals surface area (Å²) in [4.78, 5) is 0. The van der Waals surface area contributed by atoms with Crippen LogP contribution in [0.5, 0.6) is 0 Å². The zero-order valence-corrected chi connectivity index (χ0v) is 14.2. The van der Waals surface area contributed by atoms with Gasteiger partial charge in [0.05, 0.1) is 0 Å². The predicted molar refractivity (Wildman–Crippen MR) is 87.4 cm³/mol. The van der Waals surface area contributed by atoms with Gasteiger partial charge in [-0.3, -0.25) is 0 Å². The van der Waals surface area contributed by atoms with Crippen molar-refractivity contribution in [1.82, 2.24) is 5.32 Å². The summed E-state index contributed by atoms with van der Waals surface area (Å²) in [5, 5.41) is 3.60. The fraction of sp³-hybridized carbons (Fsp3) is 0.600. The van der Waals surface area contributed by atoms with Crippen molar-refractivity contribution in [2.75, 3.05) is 12.8 Å². The van der Waals surface area contributed by atoms with Gasteiger partial charge in [-0.05, 0) is 43.2 Å². The maximum Gasteiger partial charge on any atom is 0.0276 e. The largest absolute Gasteiger partial charge is 0.311 e. The summed E-state index contributed by atoms with van der Waals surface area (Å²) in [6.07, 6.45) is 4.65. The molecule has 1 nitrogen and oxygen atoms in total. The van der Waals surface area contributed by atoms with Gasteiger partial charge in [0, 0.05) is 22.3 Å². The minimum Gasteiger partial charge on any atom is -0.311 e. The molecule has 0 unspecified atom stereocenters. The van der Waals surface area contributed by atoms with Crippen molar-refractivity contribution in [2.45, 2.75) is 44.9 Å². The van der Waals surface area contributed by atoms with Gasteiger partial charge in [0.2, 0.25) is 0 Å². The van der Waals surface area contributed by atoms with E-state index in [0.717, 1.165) is 13.1 Å². The van der Waals surface area contributed by atoms with Gasteiger partial charge < -0.3 is 5.32 Å². The third-order valence-electron chi connectivity index (χ3n) is 3.73. The monoisotopic (exact) mass is 329 g/mol. The van der Waals surface area contributed by atoms with Gasteiger partial charge in [-0.1, -0.05) is 41.9 Å². The van der Waals surface area contributed by atoms with E-state index in [4.69, 9.17) is 0 Å². The maximum absolute atomic E-state index is 3.60. The summed E-state index contributed by atoms with van der Waals surface area (Å²) in [5.74, 6) is 0. The zero-order chi connectivity index (χ0) is 13.6. The molecule has 1 rings (SSSR count). The van der Waals surface area contributed by atoms with Crippen LogP contribution in [0.3, 0.4) is 0 Å². The lowest BCUT2D eigenvalue weighted by Crippen LogP contribution is -2.36. The lowest BCUT2D eigenvalue weighted by Gasteiger charge is -2.30. The molecule has 1 aromatic carbocycles. The standard InChI is InChI=1S/C15H24BrNS/c1-5-15(6-2,18-4)11-17-10-13-8-7-12(3)14(16)9-13/h7-9,17H,5-6,10-11H2,1-4H3. The average molecular weight is 330 g/mol. The van der Waals surface area contributed by atoms with E-state index in [1.807, 2.05) is 11.8 Å². The Morgan fingerprint density at radius 3 is 2.44 bits per heavy atom. The van der Waals surface area contributed by atoms with Gasteiger partial charge in [-0.15, -0.1) is 0 Å². The molecular weight excluding hydrogens is 306 g/mol. The molecule has 0 aliphatic rings. The Kier molecular flexibility index (Phi) is 6.75. The van der Waals surface area contributed by atoms with E-state index in [0.29, 0.717) is 4.75 Å². The third kappa shape index (κ3) is 4.29. The van der Waals surface area contributed by atoms with Crippen LogP contribution in [0.1, 0.15) is 37.8 Å². The molecule has 1 aromatic rings. The lowest BCUT2D eigenvalue weighted by molar-refractivity contribution is 0.495. The van der Waals surface area contributed by atoms with E-state index in [9.17, 15) is 0 Å². The Hall–Kier alpha value is 0.01000. The van der Waals surface area contributed by atoms with Crippen LogP contribution in [-0.4, -0.2) is 17.5 Å². The van der Waals surface area contributed by atoms with E-state index in [1.54, 1.807) is 0 Å². The second-order valence-corrected chi connectivity index (χ2v) is 6.91. The molecule has 18 heavy (non-hydrogen) atoms. The molecule has 0 saturated carbocycles. The van der Waals surface area contributed by atoms with Crippen LogP contribution in [0.25, 0.3) is 0 Å². The quantitative estimate of drug-likeness (QED) is 0.773. The summed E-state index contributed by atoms with van der Waals surface area (Å²) >= 11 is 5.57. The SMILES string of the molecule is CCC(CC)(CNCc1ccc(C)c(Br)c1)SC. The average Bonchev–Trinajstić information content (AvgIpc) is 2.39. The number of thioether (sulfide) groups is 1. The number of rotatable bonds is 7. The Balaban J connectivity index is 2.52. The maximum atomic E-state index is 3.60. The fourth-order valence-electron chi connectivity index (χ4n) is 2.04. The minimum atomic E-state index is 0.391. The summed E-state index contributed by atoms with van der Waals surface area (Å²) in [6, 6.07) is 6.58. The van der Waals surface area contributed by atoms with Crippen molar-refractivity contribution >= 4 is 27.7 Å². The second kappa shape index (κ2) is 7.56. The molecule has 0 radical (unpaired) electrons. The Morgan fingerprint density at radius 1 is 1.28 bits per heavy atom. The van der Waals surface area contributed by atoms with E-state index in [1.165, 1.54) is 28.4 Å². The van der Waals surface area contributed by atoms with Crippen molar-refractivity contribution in [2.24, 2.45) is 0 Å². The molecule has 0 atom stereocenters. The number of nitrogens with one attached hydrogen (secondary N) is 1. The first-order valence-electron chi connectivity index (χ1n) is 6.57. The topological polar surface area (TPSA) is 12.0 Å². The van der Waals surface area contributed by atoms with Crippen LogP contribution >= 0.6 is 27.7 Å². The highest BCUT2D eigenvalue weighted by Crippen LogP contribution is 2.29.